The molecule has 110 valence electrons. The summed E-state index contributed by atoms with van der Waals surface area (Å²) >= 11 is 0. The van der Waals surface area contributed by atoms with E-state index in [-0.39, 0.29) is 0 Å². The van der Waals surface area contributed by atoms with Gasteiger partial charge in [-0.15, -0.1) is 0 Å². The van der Waals surface area contributed by atoms with Crippen LogP contribution in [0.2, 0.25) is 0 Å². The van der Waals surface area contributed by atoms with E-state index in [0.29, 0.717) is 4.57 Å². The van der Waals surface area contributed by atoms with Gasteiger partial charge in [-0.05, 0) is 6.92 Å². The number of aromatic nitrogens is 2. The highest BCUT2D eigenvalue weighted by atomic mass is 16.6. The Labute approximate surface area is 113 Å². The van der Waals surface area contributed by atoms with Crippen LogP contribution in [0, 0.1) is 11.3 Å². The highest BCUT2D eigenvalue weighted by molar-refractivity contribution is 5.02. The van der Waals surface area contributed by atoms with E-state index in [1.807, 2.05) is 4.98 Å². The van der Waals surface area contributed by atoms with Crippen molar-refractivity contribution in [3.05, 3.63) is 33.1 Å². The molecule has 1 heterocycles. The smallest absolute Gasteiger partial charge is 0.331 e. The average Bonchev–Trinajstić information content (AvgIpc) is 2.41. The highest BCUT2D eigenvalue weighted by Gasteiger charge is 2.38. The van der Waals surface area contributed by atoms with E-state index in [1.54, 1.807) is 6.07 Å². The van der Waals surface area contributed by atoms with E-state index < -0.39 is 42.4 Å². The molecule has 4 N–H and O–H groups in total. The summed E-state index contributed by atoms with van der Waals surface area (Å²) in [6.45, 7) is -0.228. The van der Waals surface area contributed by atoms with Crippen molar-refractivity contribution in [2.75, 3.05) is 13.2 Å². The van der Waals surface area contributed by atoms with Crippen molar-refractivity contribution in [3.63, 3.8) is 0 Å². The van der Waals surface area contributed by atoms with Crippen LogP contribution >= 0.6 is 0 Å². The minimum Gasteiger partial charge on any atom is -0.394 e. The van der Waals surface area contributed by atoms with Crippen molar-refractivity contribution < 1.29 is 20.1 Å². The van der Waals surface area contributed by atoms with E-state index in [9.17, 15) is 25.1 Å². The normalized spacial score (nSPS) is 16.9. The third-order valence-corrected chi connectivity index (χ3v) is 2.67. The summed E-state index contributed by atoms with van der Waals surface area (Å²) in [5.74, 6) is 0. The molecule has 3 atom stereocenters. The molecule has 9 nitrogen and oxygen atoms in total. The van der Waals surface area contributed by atoms with E-state index >= 15 is 0 Å². The van der Waals surface area contributed by atoms with Crippen molar-refractivity contribution in [1.82, 2.24) is 9.55 Å². The zero-order valence-corrected chi connectivity index (χ0v) is 10.7. The Morgan fingerprint density at radius 3 is 2.60 bits per heavy atom. The summed E-state index contributed by atoms with van der Waals surface area (Å²) in [4.78, 5) is 24.6. The third kappa shape index (κ3) is 3.12. The minimum atomic E-state index is -2.16. The summed E-state index contributed by atoms with van der Waals surface area (Å²) in [7, 11) is 0. The molecule has 9 heteroatoms. The summed E-state index contributed by atoms with van der Waals surface area (Å²) in [6.07, 6.45) is -1.35. The lowest BCUT2D eigenvalue weighted by atomic mass is 10.2. The van der Waals surface area contributed by atoms with Gasteiger partial charge in [-0.1, -0.05) is 0 Å². The molecular formula is C11H15N3O6. The maximum absolute atomic E-state index is 11.7. The van der Waals surface area contributed by atoms with Crippen molar-refractivity contribution in [1.29, 1.82) is 5.26 Å². The number of hydrogen-bond acceptors (Lipinski definition) is 7. The number of hydrogen-bond donors (Lipinski definition) is 4. The van der Waals surface area contributed by atoms with E-state index in [0.717, 1.165) is 12.3 Å². The number of aliphatic hydroxyl groups is 3. The number of H-pyrrole nitrogens is 1. The fourth-order valence-electron chi connectivity index (χ4n) is 1.53. The Kier molecular flexibility index (Phi) is 5.18. The summed E-state index contributed by atoms with van der Waals surface area (Å²) in [5.41, 5.74) is -3.80. The van der Waals surface area contributed by atoms with Gasteiger partial charge in [0, 0.05) is 12.3 Å². The van der Waals surface area contributed by atoms with Gasteiger partial charge in [-0.3, -0.25) is 14.3 Å². The lowest BCUT2D eigenvalue weighted by Gasteiger charge is -2.31. The van der Waals surface area contributed by atoms with Crippen molar-refractivity contribution in [2.45, 2.75) is 24.9 Å². The molecule has 0 aliphatic carbocycles. The van der Waals surface area contributed by atoms with Gasteiger partial charge >= 0.3 is 5.69 Å². The van der Waals surface area contributed by atoms with Gasteiger partial charge in [0.05, 0.1) is 12.7 Å². The quantitative estimate of drug-likeness (QED) is 0.450. The molecule has 0 aliphatic rings. The zero-order valence-electron chi connectivity index (χ0n) is 10.7. The molecule has 0 fully saturated rings. The second kappa shape index (κ2) is 6.44. The molecule has 0 spiro atoms. The van der Waals surface area contributed by atoms with Crippen LogP contribution in [0.3, 0.4) is 0 Å². The first-order valence-corrected chi connectivity index (χ1v) is 5.71. The Morgan fingerprint density at radius 2 is 2.20 bits per heavy atom. The predicted octanol–water partition coefficient (Wildman–Crippen LogP) is -2.54. The molecule has 0 saturated heterocycles. The first-order chi connectivity index (χ1) is 9.40. The lowest BCUT2D eigenvalue weighted by Crippen LogP contribution is -2.51. The lowest BCUT2D eigenvalue weighted by molar-refractivity contribution is -0.175. The molecule has 1 rings (SSSR count). The van der Waals surface area contributed by atoms with Crippen LogP contribution in [0.5, 0.6) is 0 Å². The van der Waals surface area contributed by atoms with Crippen LogP contribution in [0.15, 0.2) is 21.9 Å². The van der Waals surface area contributed by atoms with Crippen molar-refractivity contribution >= 4 is 0 Å². The second-order valence-corrected chi connectivity index (χ2v) is 4.11. The summed E-state index contributed by atoms with van der Waals surface area (Å²) in [5, 5.41) is 37.1. The van der Waals surface area contributed by atoms with Crippen LogP contribution in [-0.2, 0) is 10.5 Å². The fourth-order valence-corrected chi connectivity index (χ4v) is 1.53. The highest BCUT2D eigenvalue weighted by Crippen LogP contribution is 2.18. The monoisotopic (exact) mass is 285 g/mol. The third-order valence-electron chi connectivity index (χ3n) is 2.67. The summed E-state index contributed by atoms with van der Waals surface area (Å²) < 4.78 is 5.86. The molecule has 0 radical (unpaired) electrons. The molecule has 1 aromatic heterocycles. The number of ether oxygens (including phenoxy) is 1. The topological polar surface area (TPSA) is 149 Å². The molecule has 0 saturated carbocycles. The second-order valence-electron chi connectivity index (χ2n) is 4.11. The van der Waals surface area contributed by atoms with Gasteiger partial charge < -0.3 is 20.1 Å². The van der Waals surface area contributed by atoms with Gasteiger partial charge in [0.15, 0.2) is 0 Å². The first kappa shape index (κ1) is 16.1. The molecule has 0 amide bonds. The van der Waals surface area contributed by atoms with E-state index in [2.05, 4.69) is 0 Å². The fraction of sp³-hybridized carbons (Fsp3) is 0.545. The maximum Gasteiger partial charge on any atom is 0.331 e. The average molecular weight is 285 g/mol. The molecule has 0 unspecified atom stereocenters. The number of nitrogens with one attached hydrogen (secondary N) is 1. The first-order valence-electron chi connectivity index (χ1n) is 5.71. The number of nitrogens with zero attached hydrogens (tertiary/aromatic N) is 2. The minimum absolute atomic E-state index is 0.626. The van der Waals surface area contributed by atoms with Crippen LogP contribution in [-0.4, -0.2) is 50.3 Å². The number of rotatable bonds is 6. The SMILES string of the molecule is C[C@H](O)[C@@H](CO)O[C@](C#N)(CO)n1ccc(=O)[nH]c1=O. The molecular weight excluding hydrogens is 270 g/mol. The Balaban J connectivity index is 3.32. The van der Waals surface area contributed by atoms with Crippen LogP contribution in [0.25, 0.3) is 0 Å². The van der Waals surface area contributed by atoms with Crippen LogP contribution in [0.1, 0.15) is 6.92 Å². The van der Waals surface area contributed by atoms with Gasteiger partial charge in [0.2, 0.25) is 0 Å². The Hall–Kier alpha value is -1.99. The van der Waals surface area contributed by atoms with Crippen LogP contribution in [0.4, 0.5) is 0 Å². The number of nitriles is 1. The Morgan fingerprint density at radius 1 is 1.55 bits per heavy atom. The molecule has 0 aliphatic heterocycles. The zero-order chi connectivity index (χ0) is 15.3. The number of aromatic amines is 1. The number of aliphatic hydroxyl groups excluding tert-OH is 3. The summed E-state index contributed by atoms with van der Waals surface area (Å²) in [6, 6.07) is 2.58. The van der Waals surface area contributed by atoms with Crippen molar-refractivity contribution in [3.8, 4) is 6.07 Å². The standard InChI is InChI=1S/C11H15N3O6/c1-7(17)8(4-15)20-11(5-12,6-16)14-3-2-9(18)13-10(14)19/h2-3,7-8,15-17H,4,6H2,1H3,(H,13,18,19)/t7-,8+,11+/m0/s1. The maximum atomic E-state index is 11.7. The molecule has 0 bridgehead atoms. The van der Waals surface area contributed by atoms with E-state index in [4.69, 9.17) is 9.84 Å². The molecule has 1 aromatic rings. The van der Waals surface area contributed by atoms with Crippen LogP contribution < -0.4 is 11.2 Å². The molecule has 20 heavy (non-hydrogen) atoms. The van der Waals surface area contributed by atoms with Crippen molar-refractivity contribution in [2.24, 2.45) is 0 Å². The molecule has 0 aromatic carbocycles. The van der Waals surface area contributed by atoms with Gasteiger partial charge in [0.25, 0.3) is 11.3 Å². The Bertz CT molecular complexity index is 601. The van der Waals surface area contributed by atoms with E-state index in [1.165, 1.54) is 6.92 Å². The van der Waals surface area contributed by atoms with Gasteiger partial charge in [-0.25, -0.2) is 4.79 Å². The largest absolute Gasteiger partial charge is 0.394 e. The van der Waals surface area contributed by atoms with Gasteiger partial charge in [-0.2, -0.15) is 5.26 Å². The predicted molar refractivity (Wildman–Crippen MR) is 65.6 cm³/mol. The van der Waals surface area contributed by atoms with Gasteiger partial charge in [0.1, 0.15) is 18.8 Å².